The molecule has 0 bridgehead atoms. The van der Waals surface area contributed by atoms with Gasteiger partial charge in [-0.05, 0) is 54.1 Å². The average molecular weight is 464 g/mol. The number of hydrogen-bond acceptors (Lipinski definition) is 4. The molecule has 2 aliphatic heterocycles. The molecule has 7 heteroatoms. The van der Waals surface area contributed by atoms with Gasteiger partial charge in [0.15, 0.2) is 0 Å². The second kappa shape index (κ2) is 7.18. The van der Waals surface area contributed by atoms with Gasteiger partial charge in [-0.25, -0.2) is 9.29 Å². The smallest absolute Gasteiger partial charge is 0.259 e. The number of carbonyl (C=O) groups is 2. The Morgan fingerprint density at radius 2 is 1.47 bits per heavy atom. The molecule has 2 atom stereocenters. The molecule has 1 fully saturated rings. The van der Waals surface area contributed by atoms with Crippen LogP contribution in [0.3, 0.4) is 0 Å². The van der Waals surface area contributed by atoms with Crippen molar-refractivity contribution >= 4 is 44.8 Å². The zero-order valence-electron chi connectivity index (χ0n) is 15.6. The van der Waals surface area contributed by atoms with Gasteiger partial charge in [0, 0.05) is 4.47 Å². The largest absolute Gasteiger partial charge is 0.273 e. The van der Waals surface area contributed by atoms with Gasteiger partial charge in [0.05, 0.1) is 17.1 Å². The standard InChI is InChI=1S/C23H15BrFN3O2/c24-15-8-6-14(7-9-15)20-19-21(28(26-20)18-4-2-1-3-5-18)23(30)27(22(19)29)17-12-10-16(25)11-13-17/h1-13,19,21H/t19-,21+/m1/s1. The Morgan fingerprint density at radius 3 is 2.13 bits per heavy atom. The number of benzene rings is 3. The lowest BCUT2D eigenvalue weighted by Crippen LogP contribution is -2.39. The summed E-state index contributed by atoms with van der Waals surface area (Å²) >= 11 is 3.42. The third kappa shape index (κ3) is 2.93. The average Bonchev–Trinajstić information content (AvgIpc) is 3.27. The van der Waals surface area contributed by atoms with Crippen molar-refractivity contribution in [2.75, 3.05) is 9.91 Å². The van der Waals surface area contributed by atoms with Crippen molar-refractivity contribution in [3.8, 4) is 0 Å². The van der Waals surface area contributed by atoms with Gasteiger partial charge in [-0.1, -0.05) is 46.3 Å². The Labute approximate surface area is 180 Å². The maximum absolute atomic E-state index is 13.4. The molecule has 0 unspecified atom stereocenters. The van der Waals surface area contributed by atoms with E-state index in [1.807, 2.05) is 54.6 Å². The first-order chi connectivity index (χ1) is 14.5. The normalized spacial score (nSPS) is 20.5. The highest BCUT2D eigenvalue weighted by atomic mass is 79.9. The van der Waals surface area contributed by atoms with Crippen LogP contribution in [-0.4, -0.2) is 23.6 Å². The summed E-state index contributed by atoms with van der Waals surface area (Å²) in [5.74, 6) is -1.92. The highest BCUT2D eigenvalue weighted by molar-refractivity contribution is 9.10. The topological polar surface area (TPSA) is 53.0 Å². The molecule has 5 rings (SSSR count). The molecule has 0 N–H and O–H groups in total. The molecule has 3 aromatic rings. The van der Waals surface area contributed by atoms with Gasteiger partial charge in [0.1, 0.15) is 17.8 Å². The first-order valence-corrected chi connectivity index (χ1v) is 10.2. The third-order valence-corrected chi connectivity index (χ3v) is 5.82. The Hall–Kier alpha value is -3.32. The van der Waals surface area contributed by atoms with E-state index in [9.17, 15) is 14.0 Å². The minimum atomic E-state index is -0.788. The molecular formula is C23H15BrFN3O2. The van der Waals surface area contributed by atoms with E-state index in [0.29, 0.717) is 11.4 Å². The maximum atomic E-state index is 13.4. The zero-order chi connectivity index (χ0) is 20.8. The fraction of sp³-hybridized carbons (Fsp3) is 0.0870. The molecule has 3 aromatic carbocycles. The van der Waals surface area contributed by atoms with Crippen LogP contribution >= 0.6 is 15.9 Å². The quantitative estimate of drug-likeness (QED) is 0.541. The number of fused-ring (bicyclic) bond motifs is 1. The highest BCUT2D eigenvalue weighted by Crippen LogP contribution is 2.39. The van der Waals surface area contributed by atoms with Crippen molar-refractivity contribution in [1.82, 2.24) is 0 Å². The summed E-state index contributed by atoms with van der Waals surface area (Å²) in [6, 6.07) is 21.3. The number of amides is 2. The van der Waals surface area contributed by atoms with Crippen LogP contribution in [0.5, 0.6) is 0 Å². The maximum Gasteiger partial charge on any atom is 0.259 e. The lowest BCUT2D eigenvalue weighted by atomic mass is 9.93. The van der Waals surface area contributed by atoms with E-state index in [0.717, 1.165) is 20.6 Å². The third-order valence-electron chi connectivity index (χ3n) is 5.29. The van der Waals surface area contributed by atoms with Crippen LogP contribution in [0.4, 0.5) is 15.8 Å². The minimum absolute atomic E-state index is 0.351. The summed E-state index contributed by atoms with van der Waals surface area (Å²) in [5, 5.41) is 6.31. The summed E-state index contributed by atoms with van der Waals surface area (Å²) in [6.45, 7) is 0. The predicted molar refractivity (Wildman–Crippen MR) is 116 cm³/mol. The molecule has 2 heterocycles. The van der Waals surface area contributed by atoms with E-state index in [1.54, 1.807) is 5.01 Å². The lowest BCUT2D eigenvalue weighted by molar-refractivity contribution is -0.121. The Kier molecular flexibility index (Phi) is 4.47. The fourth-order valence-electron chi connectivity index (χ4n) is 3.91. The number of carbonyl (C=O) groups excluding carboxylic acids is 2. The number of para-hydroxylation sites is 1. The van der Waals surface area contributed by atoms with Crippen molar-refractivity contribution in [3.63, 3.8) is 0 Å². The van der Waals surface area contributed by atoms with Gasteiger partial charge in [0.2, 0.25) is 5.91 Å². The number of hydrazone groups is 1. The molecule has 2 amide bonds. The molecule has 1 saturated heterocycles. The molecule has 0 spiro atoms. The zero-order valence-corrected chi connectivity index (χ0v) is 17.2. The molecule has 2 aliphatic rings. The summed E-state index contributed by atoms with van der Waals surface area (Å²) in [6.07, 6.45) is 0. The van der Waals surface area contributed by atoms with Crippen molar-refractivity contribution in [2.24, 2.45) is 11.0 Å². The van der Waals surface area contributed by atoms with Gasteiger partial charge in [-0.3, -0.25) is 14.6 Å². The molecule has 0 saturated carbocycles. The van der Waals surface area contributed by atoms with Gasteiger partial charge in [-0.2, -0.15) is 5.10 Å². The molecule has 148 valence electrons. The van der Waals surface area contributed by atoms with E-state index in [-0.39, 0.29) is 11.8 Å². The minimum Gasteiger partial charge on any atom is -0.273 e. The molecular weight excluding hydrogens is 449 g/mol. The van der Waals surface area contributed by atoms with Gasteiger partial charge in [0.25, 0.3) is 5.91 Å². The van der Waals surface area contributed by atoms with Crippen LogP contribution in [0.2, 0.25) is 0 Å². The van der Waals surface area contributed by atoms with Crippen molar-refractivity contribution < 1.29 is 14.0 Å². The Morgan fingerprint density at radius 1 is 0.800 bits per heavy atom. The molecule has 30 heavy (non-hydrogen) atoms. The van der Waals surface area contributed by atoms with Gasteiger partial charge in [-0.15, -0.1) is 0 Å². The number of hydrogen-bond donors (Lipinski definition) is 0. The molecule has 0 aromatic heterocycles. The summed E-state index contributed by atoms with van der Waals surface area (Å²) in [5.41, 5.74) is 2.39. The number of rotatable bonds is 3. The van der Waals surface area contributed by atoms with Crippen LogP contribution < -0.4 is 9.91 Å². The van der Waals surface area contributed by atoms with E-state index in [1.165, 1.54) is 24.3 Å². The Balaban J connectivity index is 1.63. The number of imide groups is 1. The van der Waals surface area contributed by atoms with Crippen LogP contribution in [0.15, 0.2) is 88.4 Å². The summed E-state index contributed by atoms with van der Waals surface area (Å²) in [7, 11) is 0. The number of anilines is 2. The lowest BCUT2D eigenvalue weighted by Gasteiger charge is -2.22. The van der Waals surface area contributed by atoms with Crippen LogP contribution in [0.1, 0.15) is 5.56 Å². The van der Waals surface area contributed by atoms with Crippen molar-refractivity contribution in [1.29, 1.82) is 0 Å². The fourth-order valence-corrected chi connectivity index (χ4v) is 4.18. The van der Waals surface area contributed by atoms with Gasteiger partial charge < -0.3 is 0 Å². The second-order valence-corrected chi connectivity index (χ2v) is 8.00. The molecule has 0 radical (unpaired) electrons. The summed E-state index contributed by atoms with van der Waals surface area (Å²) < 4.78 is 14.3. The highest BCUT2D eigenvalue weighted by Gasteiger charge is 2.57. The first kappa shape index (κ1) is 18.7. The first-order valence-electron chi connectivity index (χ1n) is 9.37. The van der Waals surface area contributed by atoms with Crippen LogP contribution in [0, 0.1) is 11.7 Å². The number of nitrogens with zero attached hydrogens (tertiary/aromatic N) is 3. The monoisotopic (exact) mass is 463 g/mol. The molecule has 5 nitrogen and oxygen atoms in total. The molecule has 0 aliphatic carbocycles. The second-order valence-electron chi connectivity index (χ2n) is 7.08. The number of halogens is 2. The summed E-state index contributed by atoms with van der Waals surface area (Å²) in [4.78, 5) is 27.9. The van der Waals surface area contributed by atoms with Gasteiger partial charge >= 0.3 is 0 Å². The van der Waals surface area contributed by atoms with E-state index in [2.05, 4.69) is 15.9 Å². The van der Waals surface area contributed by atoms with Crippen molar-refractivity contribution in [2.45, 2.75) is 6.04 Å². The predicted octanol–water partition coefficient (Wildman–Crippen LogP) is 4.37. The SMILES string of the molecule is O=C1[C@@H]2C(c3ccc(Br)cc3)=NN(c3ccccc3)[C@@H]2C(=O)N1c1ccc(F)cc1. The van der Waals surface area contributed by atoms with Crippen molar-refractivity contribution in [3.05, 3.63) is 94.7 Å². The van der Waals surface area contributed by atoms with E-state index >= 15 is 0 Å². The van der Waals surface area contributed by atoms with E-state index in [4.69, 9.17) is 5.10 Å². The van der Waals surface area contributed by atoms with Crippen LogP contribution in [-0.2, 0) is 9.59 Å². The Bertz CT molecular complexity index is 1160. The van der Waals surface area contributed by atoms with Crippen LogP contribution in [0.25, 0.3) is 0 Å². The van der Waals surface area contributed by atoms with E-state index < -0.39 is 17.8 Å².